The van der Waals surface area contributed by atoms with E-state index < -0.39 is 0 Å². The Labute approximate surface area is 118 Å². The summed E-state index contributed by atoms with van der Waals surface area (Å²) >= 11 is 6.06. The Morgan fingerprint density at radius 1 is 0.895 bits per heavy atom. The van der Waals surface area contributed by atoms with Crippen molar-refractivity contribution in [2.45, 2.75) is 32.3 Å². The molecule has 0 amide bonds. The third-order valence-electron chi connectivity index (χ3n) is 4.21. The van der Waals surface area contributed by atoms with Gasteiger partial charge in [0.25, 0.3) is 0 Å². The molecule has 0 spiro atoms. The van der Waals surface area contributed by atoms with Crippen molar-refractivity contribution in [2.24, 2.45) is 0 Å². The highest BCUT2D eigenvalue weighted by Crippen LogP contribution is 2.43. The van der Waals surface area contributed by atoms with Gasteiger partial charge in [-0.2, -0.15) is 0 Å². The predicted molar refractivity (Wildman–Crippen MR) is 77.9 cm³/mol. The lowest BCUT2D eigenvalue weighted by Crippen LogP contribution is -2.11. The predicted octanol–water partition coefficient (Wildman–Crippen LogP) is 4.78. The molecule has 0 fully saturated rings. The van der Waals surface area contributed by atoms with Crippen LogP contribution in [0.25, 0.3) is 11.1 Å². The van der Waals surface area contributed by atoms with Crippen LogP contribution in [0.3, 0.4) is 0 Å². The van der Waals surface area contributed by atoms with E-state index >= 15 is 0 Å². The molecule has 0 bridgehead atoms. The molecule has 0 aromatic heterocycles. The zero-order valence-electron chi connectivity index (χ0n) is 10.7. The summed E-state index contributed by atoms with van der Waals surface area (Å²) < 4.78 is 6.04. The molecule has 0 N–H and O–H groups in total. The van der Waals surface area contributed by atoms with Crippen molar-refractivity contribution in [1.29, 1.82) is 0 Å². The average Bonchev–Trinajstić information content (AvgIpc) is 2.46. The van der Waals surface area contributed by atoms with Gasteiger partial charge in [-0.1, -0.05) is 29.8 Å². The smallest absolute Gasteiger partial charge is 0.131 e. The Morgan fingerprint density at radius 3 is 2.68 bits per heavy atom. The lowest BCUT2D eigenvalue weighted by Gasteiger charge is -2.27. The first-order valence-corrected chi connectivity index (χ1v) is 7.27. The summed E-state index contributed by atoms with van der Waals surface area (Å²) in [5.41, 5.74) is 6.61. The molecule has 1 aliphatic carbocycles. The highest BCUT2D eigenvalue weighted by molar-refractivity contribution is 6.30. The van der Waals surface area contributed by atoms with Crippen LogP contribution in [0.15, 0.2) is 30.3 Å². The summed E-state index contributed by atoms with van der Waals surface area (Å²) in [5, 5.41) is 0.781. The molecule has 0 saturated carbocycles. The minimum atomic E-state index is 0.638. The first-order chi connectivity index (χ1) is 9.33. The van der Waals surface area contributed by atoms with Crippen LogP contribution in [-0.2, 0) is 19.4 Å². The Balaban J connectivity index is 1.93. The number of rotatable bonds is 0. The number of hydrogen-bond acceptors (Lipinski definition) is 1. The van der Waals surface area contributed by atoms with Crippen LogP contribution in [0, 0.1) is 0 Å². The third kappa shape index (κ3) is 1.76. The molecule has 1 heterocycles. The van der Waals surface area contributed by atoms with E-state index in [4.69, 9.17) is 16.3 Å². The fourth-order valence-corrected chi connectivity index (χ4v) is 3.46. The molecule has 19 heavy (non-hydrogen) atoms. The van der Waals surface area contributed by atoms with Crippen molar-refractivity contribution >= 4 is 11.6 Å². The molecular formula is C17H15ClO. The quantitative estimate of drug-likeness (QED) is 0.669. The van der Waals surface area contributed by atoms with Gasteiger partial charge in [0.1, 0.15) is 12.4 Å². The zero-order chi connectivity index (χ0) is 12.8. The van der Waals surface area contributed by atoms with E-state index in [1.165, 1.54) is 47.1 Å². The summed E-state index contributed by atoms with van der Waals surface area (Å²) in [6, 6.07) is 10.6. The normalized spacial score (nSPS) is 16.1. The van der Waals surface area contributed by atoms with Gasteiger partial charge in [-0.25, -0.2) is 0 Å². The second-order valence-electron chi connectivity index (χ2n) is 5.38. The van der Waals surface area contributed by atoms with Crippen molar-refractivity contribution < 1.29 is 4.74 Å². The van der Waals surface area contributed by atoms with E-state index in [0.717, 1.165) is 17.2 Å². The van der Waals surface area contributed by atoms with Gasteiger partial charge in [-0.3, -0.25) is 0 Å². The summed E-state index contributed by atoms with van der Waals surface area (Å²) in [4.78, 5) is 0. The molecular weight excluding hydrogens is 256 g/mol. The lowest BCUT2D eigenvalue weighted by molar-refractivity contribution is 0.297. The van der Waals surface area contributed by atoms with Crippen molar-refractivity contribution in [2.75, 3.05) is 0 Å². The molecule has 96 valence electrons. The summed E-state index contributed by atoms with van der Waals surface area (Å²) in [6.45, 7) is 0.638. The van der Waals surface area contributed by atoms with E-state index in [-0.39, 0.29) is 0 Å². The van der Waals surface area contributed by atoms with E-state index in [1.807, 2.05) is 12.1 Å². The van der Waals surface area contributed by atoms with E-state index in [2.05, 4.69) is 18.2 Å². The largest absolute Gasteiger partial charge is 0.488 e. The molecule has 4 rings (SSSR count). The van der Waals surface area contributed by atoms with E-state index in [1.54, 1.807) is 0 Å². The van der Waals surface area contributed by atoms with Crippen LogP contribution < -0.4 is 4.74 Å². The summed E-state index contributed by atoms with van der Waals surface area (Å²) in [6.07, 6.45) is 4.93. The van der Waals surface area contributed by atoms with Crippen LogP contribution in [0.1, 0.15) is 29.5 Å². The molecule has 0 unspecified atom stereocenters. The minimum absolute atomic E-state index is 0.638. The topological polar surface area (TPSA) is 9.23 Å². The molecule has 2 aromatic carbocycles. The highest BCUT2D eigenvalue weighted by atomic mass is 35.5. The van der Waals surface area contributed by atoms with Gasteiger partial charge in [-0.05, 0) is 60.1 Å². The molecule has 2 aliphatic rings. The maximum Gasteiger partial charge on any atom is 0.131 e. The summed E-state index contributed by atoms with van der Waals surface area (Å²) in [7, 11) is 0. The van der Waals surface area contributed by atoms with Crippen molar-refractivity contribution in [3.8, 4) is 16.9 Å². The van der Waals surface area contributed by atoms with Crippen molar-refractivity contribution in [3.05, 3.63) is 52.0 Å². The fourth-order valence-electron chi connectivity index (χ4n) is 3.27. The fraction of sp³-hybridized carbons (Fsp3) is 0.294. The lowest BCUT2D eigenvalue weighted by atomic mass is 9.86. The Morgan fingerprint density at radius 2 is 1.74 bits per heavy atom. The number of aryl methyl sites for hydroxylation is 1. The Bertz CT molecular complexity index is 661. The molecule has 1 nitrogen and oxygen atoms in total. The number of benzene rings is 2. The minimum Gasteiger partial charge on any atom is -0.488 e. The molecule has 2 heteroatoms. The van der Waals surface area contributed by atoms with Crippen LogP contribution in [0.4, 0.5) is 0 Å². The first kappa shape index (κ1) is 11.4. The molecule has 1 aliphatic heterocycles. The second kappa shape index (κ2) is 4.28. The van der Waals surface area contributed by atoms with Crippen LogP contribution >= 0.6 is 11.6 Å². The van der Waals surface area contributed by atoms with E-state index in [9.17, 15) is 0 Å². The maximum absolute atomic E-state index is 6.06. The third-order valence-corrected chi connectivity index (χ3v) is 4.44. The Kier molecular flexibility index (Phi) is 2.56. The number of halogens is 1. The van der Waals surface area contributed by atoms with Crippen LogP contribution in [0.5, 0.6) is 5.75 Å². The zero-order valence-corrected chi connectivity index (χ0v) is 11.5. The highest BCUT2D eigenvalue weighted by Gasteiger charge is 2.23. The van der Waals surface area contributed by atoms with E-state index in [0.29, 0.717) is 6.61 Å². The summed E-state index contributed by atoms with van der Waals surface area (Å²) in [5.74, 6) is 1.12. The molecule has 0 saturated heterocycles. The molecule has 0 radical (unpaired) electrons. The first-order valence-electron chi connectivity index (χ1n) is 6.89. The van der Waals surface area contributed by atoms with Crippen LogP contribution in [0.2, 0.25) is 5.02 Å². The van der Waals surface area contributed by atoms with Gasteiger partial charge in [0.2, 0.25) is 0 Å². The van der Waals surface area contributed by atoms with Crippen molar-refractivity contribution in [1.82, 2.24) is 0 Å². The number of hydrogen-bond donors (Lipinski definition) is 0. The van der Waals surface area contributed by atoms with Gasteiger partial charge < -0.3 is 4.74 Å². The molecule has 2 aromatic rings. The molecule has 0 atom stereocenters. The van der Waals surface area contributed by atoms with Crippen molar-refractivity contribution in [3.63, 3.8) is 0 Å². The van der Waals surface area contributed by atoms with Gasteiger partial charge in [-0.15, -0.1) is 0 Å². The van der Waals surface area contributed by atoms with Crippen LogP contribution in [-0.4, -0.2) is 0 Å². The standard InChI is InChI=1S/C17H15ClO/c18-13-6-8-14-12(9-13)10-19-17-15-4-2-1-3-11(15)5-7-16(14)17/h5-9H,1-4,10H2. The average molecular weight is 271 g/mol. The van der Waals surface area contributed by atoms with Gasteiger partial charge in [0, 0.05) is 10.6 Å². The monoisotopic (exact) mass is 270 g/mol. The second-order valence-corrected chi connectivity index (χ2v) is 5.81. The van der Waals surface area contributed by atoms with Gasteiger partial charge >= 0.3 is 0 Å². The van der Waals surface area contributed by atoms with Gasteiger partial charge in [0.05, 0.1) is 0 Å². The van der Waals surface area contributed by atoms with Gasteiger partial charge in [0.15, 0.2) is 0 Å². The number of ether oxygens (including phenoxy) is 1. The SMILES string of the molecule is Clc1ccc2c(c1)COc1c-2ccc2c1CCCC2. The maximum atomic E-state index is 6.06. The number of fused-ring (bicyclic) bond motifs is 5. The Hall–Kier alpha value is -1.47.